The number of carbonyl (C=O) groups excluding carboxylic acids is 3. The van der Waals surface area contributed by atoms with Gasteiger partial charge in [-0.1, -0.05) is 11.6 Å². The molecule has 2 amide bonds. The van der Waals surface area contributed by atoms with E-state index in [9.17, 15) is 27.6 Å². The zero-order valence-electron chi connectivity index (χ0n) is 15.5. The summed E-state index contributed by atoms with van der Waals surface area (Å²) >= 11 is 5.85. The number of nitrogens with one attached hydrogen (secondary N) is 2. The van der Waals surface area contributed by atoms with Crippen molar-refractivity contribution >= 4 is 35.1 Å². The molecule has 0 bridgehead atoms. The molecular formula is C19H16ClF3N2O5. The van der Waals surface area contributed by atoms with Crippen LogP contribution in [-0.2, 0) is 20.5 Å². The van der Waals surface area contributed by atoms with Crippen LogP contribution in [0.2, 0.25) is 5.02 Å². The molecule has 0 spiro atoms. The van der Waals surface area contributed by atoms with E-state index in [0.717, 1.165) is 24.3 Å². The third-order valence-corrected chi connectivity index (χ3v) is 3.90. The predicted molar refractivity (Wildman–Crippen MR) is 101 cm³/mol. The van der Waals surface area contributed by atoms with E-state index in [1.807, 2.05) is 0 Å². The smallest absolute Gasteiger partial charge is 0.416 e. The molecule has 0 aliphatic rings. The van der Waals surface area contributed by atoms with Crippen molar-refractivity contribution in [1.82, 2.24) is 5.32 Å². The van der Waals surface area contributed by atoms with Gasteiger partial charge < -0.3 is 20.1 Å². The molecule has 2 aromatic carbocycles. The first-order valence-corrected chi connectivity index (χ1v) is 8.72. The number of amides is 2. The van der Waals surface area contributed by atoms with Gasteiger partial charge >= 0.3 is 12.1 Å². The summed E-state index contributed by atoms with van der Waals surface area (Å²) < 4.78 is 47.4. The highest BCUT2D eigenvalue weighted by Gasteiger charge is 2.30. The van der Waals surface area contributed by atoms with Crippen LogP contribution in [0, 0.1) is 0 Å². The Labute approximate surface area is 174 Å². The van der Waals surface area contributed by atoms with Crippen LogP contribution in [0.1, 0.15) is 15.9 Å². The molecule has 2 N–H and O–H groups in total. The van der Waals surface area contributed by atoms with Crippen LogP contribution in [0.5, 0.6) is 5.75 Å². The number of esters is 1. The Morgan fingerprint density at radius 1 is 1.07 bits per heavy atom. The Morgan fingerprint density at radius 3 is 2.33 bits per heavy atom. The highest BCUT2D eigenvalue weighted by Crippen LogP contribution is 2.29. The number of ether oxygens (including phenoxy) is 2. The third kappa shape index (κ3) is 6.66. The molecule has 2 aromatic rings. The highest BCUT2D eigenvalue weighted by atomic mass is 35.5. The van der Waals surface area contributed by atoms with Gasteiger partial charge in [0, 0.05) is 10.6 Å². The van der Waals surface area contributed by atoms with Crippen LogP contribution in [0.4, 0.5) is 18.9 Å². The fourth-order valence-corrected chi connectivity index (χ4v) is 2.40. The highest BCUT2D eigenvalue weighted by molar-refractivity contribution is 6.31. The summed E-state index contributed by atoms with van der Waals surface area (Å²) in [6.07, 6.45) is -4.52. The Bertz CT molecular complexity index is 933. The van der Waals surface area contributed by atoms with Gasteiger partial charge in [-0.25, -0.2) is 0 Å². The molecule has 0 unspecified atom stereocenters. The summed E-state index contributed by atoms with van der Waals surface area (Å²) in [5, 5.41) is 5.01. The van der Waals surface area contributed by atoms with E-state index >= 15 is 0 Å². The second-order valence-corrected chi connectivity index (χ2v) is 6.25. The second-order valence-electron chi connectivity index (χ2n) is 5.81. The van der Waals surface area contributed by atoms with Crippen molar-refractivity contribution in [3.05, 3.63) is 58.6 Å². The molecule has 0 radical (unpaired) electrons. The monoisotopic (exact) mass is 444 g/mol. The molecule has 0 saturated carbocycles. The number of hydrogen-bond donors (Lipinski definition) is 2. The number of methoxy groups -OCH3 is 1. The maximum absolute atomic E-state index is 12.5. The quantitative estimate of drug-likeness (QED) is 0.639. The Balaban J connectivity index is 1.80. The molecule has 0 aliphatic heterocycles. The van der Waals surface area contributed by atoms with Crippen molar-refractivity contribution < 1.29 is 37.0 Å². The van der Waals surface area contributed by atoms with E-state index in [1.54, 1.807) is 12.1 Å². The largest absolute Gasteiger partial charge is 0.495 e. The molecule has 0 heterocycles. The van der Waals surface area contributed by atoms with Gasteiger partial charge in [0.25, 0.3) is 11.8 Å². The van der Waals surface area contributed by atoms with Gasteiger partial charge in [-0.15, -0.1) is 0 Å². The lowest BCUT2D eigenvalue weighted by molar-refractivity contribution is -0.146. The van der Waals surface area contributed by atoms with Crippen molar-refractivity contribution in [2.45, 2.75) is 6.18 Å². The number of anilines is 1. The number of rotatable bonds is 7. The minimum absolute atomic E-state index is 0.0680. The maximum atomic E-state index is 12.5. The molecule has 0 atom stereocenters. The van der Waals surface area contributed by atoms with Crippen molar-refractivity contribution in [2.75, 3.05) is 25.6 Å². The summed E-state index contributed by atoms with van der Waals surface area (Å²) in [6, 6.07) is 8.02. The average molecular weight is 445 g/mol. The minimum Gasteiger partial charge on any atom is -0.495 e. The summed E-state index contributed by atoms with van der Waals surface area (Å²) in [5.41, 5.74) is -0.691. The van der Waals surface area contributed by atoms with E-state index in [1.165, 1.54) is 13.2 Å². The molecule has 0 fully saturated rings. The van der Waals surface area contributed by atoms with Gasteiger partial charge in [-0.05, 0) is 42.5 Å². The fourth-order valence-electron chi connectivity index (χ4n) is 2.23. The van der Waals surface area contributed by atoms with Crippen LogP contribution >= 0.6 is 11.6 Å². The lowest BCUT2D eigenvalue weighted by Crippen LogP contribution is -2.32. The summed E-state index contributed by atoms with van der Waals surface area (Å²) in [4.78, 5) is 35.5. The molecule has 0 saturated heterocycles. The zero-order chi connectivity index (χ0) is 22.3. The van der Waals surface area contributed by atoms with E-state index in [4.69, 9.17) is 21.1 Å². The van der Waals surface area contributed by atoms with Crippen LogP contribution in [-0.4, -0.2) is 38.0 Å². The predicted octanol–water partition coefficient (Wildman–Crippen LogP) is 3.28. The first-order chi connectivity index (χ1) is 14.1. The Kier molecular flexibility index (Phi) is 7.65. The number of hydrogen-bond acceptors (Lipinski definition) is 5. The van der Waals surface area contributed by atoms with Crippen molar-refractivity contribution in [3.63, 3.8) is 0 Å². The van der Waals surface area contributed by atoms with Gasteiger partial charge in [-0.2, -0.15) is 13.2 Å². The van der Waals surface area contributed by atoms with Gasteiger partial charge in [0.05, 0.1) is 18.4 Å². The second kappa shape index (κ2) is 9.97. The summed E-state index contributed by atoms with van der Waals surface area (Å²) in [7, 11) is 1.40. The lowest BCUT2D eigenvalue weighted by Gasteiger charge is -2.11. The molecular weight excluding hydrogens is 429 g/mol. The Morgan fingerprint density at radius 2 is 1.73 bits per heavy atom. The minimum atomic E-state index is -4.52. The SMILES string of the molecule is COc1ccc(Cl)cc1NC(=O)COC(=O)CNC(=O)c1ccc(C(F)(F)F)cc1. The third-order valence-electron chi connectivity index (χ3n) is 3.67. The molecule has 30 heavy (non-hydrogen) atoms. The first kappa shape index (κ1) is 23.0. The van der Waals surface area contributed by atoms with Crippen LogP contribution < -0.4 is 15.4 Å². The van der Waals surface area contributed by atoms with Gasteiger partial charge in [0.1, 0.15) is 12.3 Å². The molecule has 160 valence electrons. The van der Waals surface area contributed by atoms with Crippen molar-refractivity contribution in [2.24, 2.45) is 0 Å². The van der Waals surface area contributed by atoms with E-state index in [2.05, 4.69) is 10.6 Å². The molecule has 0 aromatic heterocycles. The normalized spacial score (nSPS) is 10.8. The number of carbonyl (C=O) groups is 3. The zero-order valence-corrected chi connectivity index (χ0v) is 16.3. The van der Waals surface area contributed by atoms with Crippen LogP contribution in [0.25, 0.3) is 0 Å². The van der Waals surface area contributed by atoms with Crippen molar-refractivity contribution in [1.29, 1.82) is 0 Å². The fraction of sp³-hybridized carbons (Fsp3) is 0.211. The van der Waals surface area contributed by atoms with E-state index in [-0.39, 0.29) is 11.3 Å². The number of benzene rings is 2. The molecule has 11 heteroatoms. The number of halogens is 4. The first-order valence-electron chi connectivity index (χ1n) is 8.34. The van der Waals surface area contributed by atoms with Crippen molar-refractivity contribution in [3.8, 4) is 5.75 Å². The van der Waals surface area contributed by atoms with Gasteiger partial charge in [0.2, 0.25) is 0 Å². The molecule has 2 rings (SSSR count). The maximum Gasteiger partial charge on any atom is 0.416 e. The lowest BCUT2D eigenvalue weighted by atomic mass is 10.1. The van der Waals surface area contributed by atoms with E-state index in [0.29, 0.717) is 10.8 Å². The summed E-state index contributed by atoms with van der Waals surface area (Å²) in [6.45, 7) is -1.21. The standard InChI is InChI=1S/C19H16ClF3N2O5/c1-29-15-7-6-13(20)8-14(15)25-16(26)10-30-17(27)9-24-18(28)11-2-4-12(5-3-11)19(21,22)23/h2-8H,9-10H2,1H3,(H,24,28)(H,25,26). The molecule has 7 nitrogen and oxygen atoms in total. The van der Waals surface area contributed by atoms with Crippen LogP contribution in [0.15, 0.2) is 42.5 Å². The van der Waals surface area contributed by atoms with Gasteiger partial charge in [0.15, 0.2) is 6.61 Å². The van der Waals surface area contributed by atoms with Crippen LogP contribution in [0.3, 0.4) is 0 Å². The number of alkyl halides is 3. The topological polar surface area (TPSA) is 93.7 Å². The van der Waals surface area contributed by atoms with Gasteiger partial charge in [-0.3, -0.25) is 14.4 Å². The summed E-state index contributed by atoms with van der Waals surface area (Å²) in [5.74, 6) is -2.00. The average Bonchev–Trinajstić information content (AvgIpc) is 2.70. The van der Waals surface area contributed by atoms with E-state index < -0.39 is 42.7 Å². The molecule has 0 aliphatic carbocycles. The Hall–Kier alpha value is -3.27.